The molecule has 1 atom stereocenters. The van der Waals surface area contributed by atoms with Crippen LogP contribution in [0.4, 0.5) is 0 Å². The van der Waals surface area contributed by atoms with E-state index in [1.54, 1.807) is 0 Å². The van der Waals surface area contributed by atoms with Crippen molar-refractivity contribution in [3.05, 3.63) is 45.1 Å². The lowest BCUT2D eigenvalue weighted by molar-refractivity contribution is 0.174. The van der Waals surface area contributed by atoms with Crippen LogP contribution in [0.3, 0.4) is 0 Å². The van der Waals surface area contributed by atoms with Gasteiger partial charge in [-0.2, -0.15) is 0 Å². The van der Waals surface area contributed by atoms with E-state index < -0.39 is 0 Å². The van der Waals surface area contributed by atoms with Gasteiger partial charge in [0.05, 0.1) is 6.04 Å². The van der Waals surface area contributed by atoms with Gasteiger partial charge >= 0.3 is 0 Å². The van der Waals surface area contributed by atoms with Crippen LogP contribution in [0, 0.1) is 6.92 Å². The summed E-state index contributed by atoms with van der Waals surface area (Å²) in [5.41, 5.74) is 2.71. The summed E-state index contributed by atoms with van der Waals surface area (Å²) in [4.78, 5) is 2.72. The molecule has 0 amide bonds. The topological polar surface area (TPSA) is 30.5 Å². The van der Waals surface area contributed by atoms with E-state index in [1.165, 1.54) is 20.9 Å². The third-order valence-electron chi connectivity index (χ3n) is 3.73. The second-order valence-electron chi connectivity index (χ2n) is 4.99. The van der Waals surface area contributed by atoms with Crippen LogP contribution in [-0.2, 0) is 6.42 Å². The first-order chi connectivity index (χ1) is 9.31. The van der Waals surface area contributed by atoms with E-state index in [2.05, 4.69) is 36.5 Å². The fourth-order valence-corrected chi connectivity index (χ4v) is 3.78. The van der Waals surface area contributed by atoms with E-state index in [1.807, 2.05) is 11.3 Å². The van der Waals surface area contributed by atoms with Gasteiger partial charge in [0, 0.05) is 16.3 Å². The van der Waals surface area contributed by atoms with Gasteiger partial charge in [0.1, 0.15) is 0 Å². The molecule has 0 aliphatic carbocycles. The summed E-state index contributed by atoms with van der Waals surface area (Å²) in [6, 6.07) is 8.98. The number of rotatable bonds is 1. The quantitative estimate of drug-likeness (QED) is 0.866. The molecule has 19 heavy (non-hydrogen) atoms. The lowest BCUT2D eigenvalue weighted by Crippen LogP contribution is -2.29. The number of benzene rings is 1. The second-order valence-corrected chi connectivity index (χ2v) is 6.31. The molecular weight excluding hydrogens is 258 g/mol. The van der Waals surface area contributed by atoms with Crippen molar-refractivity contribution in [3.63, 3.8) is 0 Å². The molecule has 3 nitrogen and oxygen atoms in total. The first-order valence-corrected chi connectivity index (χ1v) is 7.35. The predicted octanol–water partition coefficient (Wildman–Crippen LogP) is 3.02. The Labute approximate surface area is 116 Å². The number of fused-ring (bicyclic) bond motifs is 2. The molecule has 0 bridgehead atoms. The van der Waals surface area contributed by atoms with E-state index in [9.17, 15) is 0 Å². The second kappa shape index (κ2) is 4.25. The number of ether oxygens (including phenoxy) is 2. The van der Waals surface area contributed by atoms with Crippen LogP contribution in [-0.4, -0.2) is 13.3 Å². The van der Waals surface area contributed by atoms with Gasteiger partial charge in [0.2, 0.25) is 6.79 Å². The summed E-state index contributed by atoms with van der Waals surface area (Å²) in [6.45, 7) is 3.50. The van der Waals surface area contributed by atoms with Crippen LogP contribution in [0.15, 0.2) is 24.3 Å². The maximum atomic E-state index is 5.51. The Balaban J connectivity index is 1.82. The predicted molar refractivity (Wildman–Crippen MR) is 75.2 cm³/mol. The first kappa shape index (κ1) is 11.3. The van der Waals surface area contributed by atoms with Gasteiger partial charge in [-0.15, -0.1) is 11.3 Å². The molecule has 1 N–H and O–H groups in total. The molecule has 0 fully saturated rings. The number of aryl methyl sites for hydroxylation is 1. The molecule has 0 radical (unpaired) electrons. The third-order valence-corrected chi connectivity index (χ3v) is 4.80. The zero-order chi connectivity index (χ0) is 12.8. The Kier molecular flexibility index (Phi) is 2.53. The van der Waals surface area contributed by atoms with Crippen molar-refractivity contribution < 1.29 is 9.47 Å². The van der Waals surface area contributed by atoms with Crippen LogP contribution < -0.4 is 14.8 Å². The van der Waals surface area contributed by atoms with Gasteiger partial charge in [-0.1, -0.05) is 0 Å². The van der Waals surface area contributed by atoms with Gasteiger partial charge in [0.25, 0.3) is 0 Å². The molecule has 3 heterocycles. The number of hydrogen-bond donors (Lipinski definition) is 1. The summed E-state index contributed by atoms with van der Waals surface area (Å²) >= 11 is 1.86. The molecule has 2 aliphatic heterocycles. The van der Waals surface area contributed by atoms with Gasteiger partial charge in [-0.3, -0.25) is 0 Å². The van der Waals surface area contributed by atoms with E-state index in [0.29, 0.717) is 6.79 Å². The van der Waals surface area contributed by atoms with Crippen molar-refractivity contribution in [1.82, 2.24) is 5.32 Å². The van der Waals surface area contributed by atoms with Crippen molar-refractivity contribution in [2.24, 2.45) is 0 Å². The molecule has 1 aromatic carbocycles. The van der Waals surface area contributed by atoms with Gasteiger partial charge < -0.3 is 14.8 Å². The smallest absolute Gasteiger partial charge is 0.231 e. The summed E-state index contributed by atoms with van der Waals surface area (Å²) in [6.07, 6.45) is 1.05. The van der Waals surface area contributed by atoms with Crippen LogP contribution in [0.2, 0.25) is 0 Å². The molecule has 2 aromatic rings. The molecule has 1 unspecified atom stereocenters. The van der Waals surface area contributed by atoms with E-state index in [0.717, 1.165) is 24.5 Å². The van der Waals surface area contributed by atoms with Gasteiger partial charge in [-0.25, -0.2) is 0 Å². The Morgan fingerprint density at radius 1 is 1.21 bits per heavy atom. The minimum Gasteiger partial charge on any atom is -0.454 e. The maximum absolute atomic E-state index is 5.51. The highest BCUT2D eigenvalue weighted by molar-refractivity contribution is 7.12. The molecule has 2 aliphatic rings. The Morgan fingerprint density at radius 2 is 2.05 bits per heavy atom. The largest absolute Gasteiger partial charge is 0.454 e. The zero-order valence-electron chi connectivity index (χ0n) is 10.7. The molecule has 98 valence electrons. The fraction of sp³-hybridized carbons (Fsp3) is 0.333. The normalized spacial score (nSPS) is 20.4. The monoisotopic (exact) mass is 273 g/mol. The minimum atomic E-state index is 0.289. The van der Waals surface area contributed by atoms with Crippen LogP contribution in [0.25, 0.3) is 0 Å². The zero-order valence-corrected chi connectivity index (χ0v) is 11.5. The van der Waals surface area contributed by atoms with E-state index >= 15 is 0 Å². The van der Waals surface area contributed by atoms with Gasteiger partial charge in [-0.05, 0) is 48.7 Å². The SMILES string of the molecule is Cc1ccc(C2NCCc3cc4c(cc32)OCO4)s1. The molecule has 4 heteroatoms. The van der Waals surface area contributed by atoms with Crippen LogP contribution in [0.5, 0.6) is 11.5 Å². The highest BCUT2D eigenvalue weighted by Gasteiger charge is 2.26. The van der Waals surface area contributed by atoms with Gasteiger partial charge in [0.15, 0.2) is 11.5 Å². The summed E-state index contributed by atoms with van der Waals surface area (Å²) in [5, 5.41) is 3.61. The van der Waals surface area contributed by atoms with Crippen LogP contribution in [0.1, 0.15) is 26.9 Å². The van der Waals surface area contributed by atoms with E-state index in [-0.39, 0.29) is 6.04 Å². The average molecular weight is 273 g/mol. The lowest BCUT2D eigenvalue weighted by Gasteiger charge is -2.26. The molecule has 0 spiro atoms. The van der Waals surface area contributed by atoms with Crippen molar-refractivity contribution in [1.29, 1.82) is 0 Å². The standard InChI is InChI=1S/C15H15NO2S/c1-9-2-3-14(19-9)15-11-7-13-12(17-8-18-13)6-10(11)4-5-16-15/h2-3,6-7,15-16H,4-5,8H2,1H3. The fourth-order valence-electron chi connectivity index (χ4n) is 2.81. The average Bonchev–Trinajstić information content (AvgIpc) is 3.03. The highest BCUT2D eigenvalue weighted by Crippen LogP contribution is 2.40. The molecular formula is C15H15NO2S. The summed E-state index contributed by atoms with van der Waals surface area (Å²) < 4.78 is 11.0. The molecule has 4 rings (SSSR count). The maximum Gasteiger partial charge on any atom is 0.231 e. The summed E-state index contributed by atoms with van der Waals surface area (Å²) in [7, 11) is 0. The van der Waals surface area contributed by atoms with Crippen LogP contribution >= 0.6 is 11.3 Å². The first-order valence-electron chi connectivity index (χ1n) is 6.53. The highest BCUT2D eigenvalue weighted by atomic mass is 32.1. The number of hydrogen-bond acceptors (Lipinski definition) is 4. The molecule has 0 saturated heterocycles. The Hall–Kier alpha value is -1.52. The third kappa shape index (κ3) is 1.83. The Bertz CT molecular complexity index is 635. The number of thiophene rings is 1. The van der Waals surface area contributed by atoms with E-state index in [4.69, 9.17) is 9.47 Å². The number of nitrogens with one attached hydrogen (secondary N) is 1. The Morgan fingerprint density at radius 3 is 2.84 bits per heavy atom. The summed E-state index contributed by atoms with van der Waals surface area (Å²) in [5.74, 6) is 1.77. The van der Waals surface area contributed by atoms with Crippen molar-refractivity contribution in [2.45, 2.75) is 19.4 Å². The lowest BCUT2D eigenvalue weighted by atomic mass is 9.93. The van der Waals surface area contributed by atoms with Crippen molar-refractivity contribution in [3.8, 4) is 11.5 Å². The molecule has 0 saturated carbocycles. The minimum absolute atomic E-state index is 0.289. The van der Waals surface area contributed by atoms with Crippen molar-refractivity contribution in [2.75, 3.05) is 13.3 Å². The van der Waals surface area contributed by atoms with Crippen molar-refractivity contribution >= 4 is 11.3 Å². The molecule has 1 aromatic heterocycles.